The Kier molecular flexibility index (Phi) is 7.53. The first-order valence-electron chi connectivity index (χ1n) is 12.3. The topological polar surface area (TPSA) is 32.3 Å². The van der Waals surface area contributed by atoms with Crippen LogP contribution in [-0.4, -0.2) is 42.1 Å². The van der Waals surface area contributed by atoms with Crippen molar-refractivity contribution in [3.8, 4) is 0 Å². The van der Waals surface area contributed by atoms with Crippen molar-refractivity contribution in [2.75, 3.05) is 32.1 Å². The lowest BCUT2D eigenvalue weighted by atomic mass is 10.1. The molecule has 0 unspecified atom stereocenters. The van der Waals surface area contributed by atoms with Crippen LogP contribution in [0.2, 0.25) is 0 Å². The van der Waals surface area contributed by atoms with Gasteiger partial charge in [-0.1, -0.05) is 48.2 Å². The van der Waals surface area contributed by atoms with Gasteiger partial charge >= 0.3 is 6.18 Å². The molecule has 3 heterocycles. The van der Waals surface area contributed by atoms with E-state index in [4.69, 9.17) is 0 Å². The predicted octanol–water partition coefficient (Wildman–Crippen LogP) is 8.04. The van der Waals surface area contributed by atoms with Crippen LogP contribution in [0.3, 0.4) is 0 Å². The molecule has 0 radical (unpaired) electrons. The summed E-state index contributed by atoms with van der Waals surface area (Å²) in [5.41, 5.74) is 2.98. The number of pyridine rings is 2. The van der Waals surface area contributed by atoms with Crippen LogP contribution in [-0.2, 0) is 6.18 Å². The minimum absolute atomic E-state index is 0.598. The van der Waals surface area contributed by atoms with Gasteiger partial charge < -0.3 is 9.80 Å². The minimum atomic E-state index is -4.33. The average molecular weight is 533 g/mol. The van der Waals surface area contributed by atoms with Crippen LogP contribution < -0.4 is 4.90 Å². The Hall–Kier alpha value is -3.62. The largest absolute Gasteiger partial charge is 0.416 e. The van der Waals surface area contributed by atoms with Crippen molar-refractivity contribution >= 4 is 44.9 Å². The normalized spacial score (nSPS) is 12.7. The Labute approximate surface area is 224 Å². The molecule has 0 saturated heterocycles. The van der Waals surface area contributed by atoms with Crippen LogP contribution in [0.5, 0.6) is 0 Å². The Morgan fingerprint density at radius 3 is 2.03 bits per heavy atom. The number of nitrogens with zero attached hydrogens (tertiary/aromatic N) is 4. The summed E-state index contributed by atoms with van der Waals surface area (Å²) in [6.07, 6.45) is 0.153. The molecular formula is C30H27F3N4S. The molecule has 194 valence electrons. The van der Waals surface area contributed by atoms with Gasteiger partial charge in [0.25, 0.3) is 0 Å². The van der Waals surface area contributed by atoms with Gasteiger partial charge in [0.2, 0.25) is 0 Å². The highest BCUT2D eigenvalue weighted by Gasteiger charge is 2.33. The summed E-state index contributed by atoms with van der Waals surface area (Å²) in [4.78, 5) is 14.7. The quantitative estimate of drug-likeness (QED) is 0.219. The van der Waals surface area contributed by atoms with Gasteiger partial charge in [0.1, 0.15) is 0 Å². The van der Waals surface area contributed by atoms with E-state index in [1.54, 1.807) is 18.5 Å². The van der Waals surface area contributed by atoms with Crippen molar-refractivity contribution < 1.29 is 13.2 Å². The summed E-state index contributed by atoms with van der Waals surface area (Å²) in [6.45, 7) is 1.57. The molecule has 3 aromatic carbocycles. The molecule has 8 heteroatoms. The summed E-state index contributed by atoms with van der Waals surface area (Å²) < 4.78 is 39.3. The Bertz CT molecular complexity index is 1510. The van der Waals surface area contributed by atoms with Gasteiger partial charge in [-0.2, -0.15) is 13.2 Å². The number of rotatable bonds is 4. The second-order valence-corrected chi connectivity index (χ2v) is 10.4. The van der Waals surface area contributed by atoms with Crippen LogP contribution in [0.15, 0.2) is 101 Å². The number of halogens is 3. The van der Waals surface area contributed by atoms with Crippen molar-refractivity contribution in [3.05, 3.63) is 96.8 Å². The van der Waals surface area contributed by atoms with E-state index in [2.05, 4.69) is 39.1 Å². The summed E-state index contributed by atoms with van der Waals surface area (Å²) in [6, 6.07) is 24.0. The molecule has 0 atom stereocenters. The molecule has 0 amide bonds. The van der Waals surface area contributed by atoms with Crippen molar-refractivity contribution in [3.63, 3.8) is 0 Å². The molecule has 5 aromatic rings. The number of para-hydroxylation sites is 1. The minimum Gasteiger partial charge on any atom is -0.340 e. The van der Waals surface area contributed by atoms with E-state index in [1.807, 2.05) is 55.4 Å². The Morgan fingerprint density at radius 1 is 0.763 bits per heavy atom. The Balaban J connectivity index is 0.000000177. The zero-order chi connectivity index (χ0) is 26.7. The Morgan fingerprint density at radius 2 is 1.39 bits per heavy atom. The summed E-state index contributed by atoms with van der Waals surface area (Å²) in [5, 5.41) is 2.28. The van der Waals surface area contributed by atoms with E-state index in [0.29, 0.717) is 12.2 Å². The standard InChI is InChI=1S/C18H19F3N2S.C12H8N2/c1-22(2)10-5-11-23-14-6-3-4-7-16(14)24-17-9-8-13(12-15(17)23)18(19,20)21;1-3-9-5-6-10-4-2-8-14-12(10)11(9)13-7-1/h3-4,6-9,12H,5,10-11H2,1-2H3;1-8H. The molecule has 1 aliphatic heterocycles. The average Bonchev–Trinajstić information content (AvgIpc) is 2.92. The van der Waals surface area contributed by atoms with Crippen molar-refractivity contribution in [1.82, 2.24) is 14.9 Å². The lowest BCUT2D eigenvalue weighted by Gasteiger charge is -2.33. The van der Waals surface area contributed by atoms with Crippen molar-refractivity contribution in [1.29, 1.82) is 0 Å². The van der Waals surface area contributed by atoms with Crippen LogP contribution in [0.1, 0.15) is 12.0 Å². The molecule has 4 nitrogen and oxygen atoms in total. The SMILES string of the molecule is CN(C)CCCN1c2ccccc2Sc2ccc(C(F)(F)F)cc21.c1cnc2c(c1)ccc1cccnc12. The van der Waals surface area contributed by atoms with E-state index >= 15 is 0 Å². The zero-order valence-corrected chi connectivity index (χ0v) is 21.9. The van der Waals surface area contributed by atoms with Crippen LogP contribution in [0.25, 0.3) is 21.8 Å². The number of fused-ring (bicyclic) bond motifs is 5. The van der Waals surface area contributed by atoms with Gasteiger partial charge in [0.05, 0.1) is 28.0 Å². The number of benzene rings is 3. The maximum atomic E-state index is 13.1. The third-order valence-electron chi connectivity index (χ3n) is 6.28. The molecule has 2 aromatic heterocycles. The van der Waals surface area contributed by atoms with Gasteiger partial charge in [0.15, 0.2) is 0 Å². The van der Waals surface area contributed by atoms with Gasteiger partial charge in [0, 0.05) is 39.5 Å². The molecule has 38 heavy (non-hydrogen) atoms. The van der Waals surface area contributed by atoms with Gasteiger partial charge in [-0.25, -0.2) is 0 Å². The first-order chi connectivity index (χ1) is 18.3. The maximum Gasteiger partial charge on any atom is 0.416 e. The highest BCUT2D eigenvalue weighted by molar-refractivity contribution is 7.99. The third-order valence-corrected chi connectivity index (χ3v) is 7.41. The lowest BCUT2D eigenvalue weighted by Crippen LogP contribution is -2.25. The lowest BCUT2D eigenvalue weighted by molar-refractivity contribution is -0.137. The number of aromatic nitrogens is 2. The van der Waals surface area contributed by atoms with Crippen molar-refractivity contribution in [2.45, 2.75) is 22.4 Å². The molecule has 0 bridgehead atoms. The number of anilines is 2. The van der Waals surface area contributed by atoms with Gasteiger partial charge in [-0.15, -0.1) is 0 Å². The van der Waals surface area contributed by atoms with E-state index in [-0.39, 0.29) is 0 Å². The first-order valence-corrected chi connectivity index (χ1v) is 13.1. The highest BCUT2D eigenvalue weighted by Crippen LogP contribution is 2.49. The van der Waals surface area contributed by atoms with Gasteiger partial charge in [-0.05, 0) is 69.5 Å². The van der Waals surface area contributed by atoms with Gasteiger partial charge in [-0.3, -0.25) is 9.97 Å². The van der Waals surface area contributed by atoms with Crippen LogP contribution >= 0.6 is 11.8 Å². The number of hydrogen-bond donors (Lipinski definition) is 0. The smallest absolute Gasteiger partial charge is 0.340 e. The van der Waals surface area contributed by atoms with Crippen LogP contribution in [0, 0.1) is 0 Å². The summed E-state index contributed by atoms with van der Waals surface area (Å²) in [5.74, 6) is 0. The fourth-order valence-corrected chi connectivity index (χ4v) is 5.55. The van der Waals surface area contributed by atoms with Crippen molar-refractivity contribution in [2.24, 2.45) is 0 Å². The van der Waals surface area contributed by atoms with E-state index in [9.17, 15) is 13.2 Å². The summed E-state index contributed by atoms with van der Waals surface area (Å²) in [7, 11) is 3.99. The highest BCUT2D eigenvalue weighted by atomic mass is 32.2. The number of alkyl halides is 3. The molecule has 1 aliphatic rings. The van der Waals surface area contributed by atoms with Crippen LogP contribution in [0.4, 0.5) is 24.5 Å². The second-order valence-electron chi connectivity index (χ2n) is 9.27. The third kappa shape index (κ3) is 5.61. The number of hydrogen-bond acceptors (Lipinski definition) is 5. The molecule has 0 spiro atoms. The molecule has 0 fully saturated rings. The second kappa shape index (κ2) is 11.0. The van der Waals surface area contributed by atoms with E-state index in [0.717, 1.165) is 56.3 Å². The molecule has 0 saturated carbocycles. The van der Waals surface area contributed by atoms with E-state index in [1.165, 1.54) is 17.8 Å². The molecule has 0 aliphatic carbocycles. The molecule has 6 rings (SSSR count). The molecular weight excluding hydrogens is 505 g/mol. The zero-order valence-electron chi connectivity index (χ0n) is 21.1. The first kappa shape index (κ1) is 26.0. The molecule has 0 N–H and O–H groups in total. The predicted molar refractivity (Wildman–Crippen MR) is 149 cm³/mol. The maximum absolute atomic E-state index is 13.1. The summed E-state index contributed by atoms with van der Waals surface area (Å²) >= 11 is 1.53. The van der Waals surface area contributed by atoms with E-state index < -0.39 is 11.7 Å². The fourth-order valence-electron chi connectivity index (χ4n) is 4.47. The fraction of sp³-hybridized carbons (Fsp3) is 0.200. The monoisotopic (exact) mass is 532 g/mol.